The van der Waals surface area contributed by atoms with E-state index in [1.807, 2.05) is 42.5 Å². The van der Waals surface area contributed by atoms with Crippen molar-refractivity contribution in [1.29, 1.82) is 0 Å². The average molecular weight is 457 g/mol. The first-order valence-electron chi connectivity index (χ1n) is 10.8. The molecule has 0 aromatic heterocycles. The monoisotopic (exact) mass is 456 g/mol. The molecule has 9 nitrogen and oxygen atoms in total. The molecule has 0 aliphatic heterocycles. The number of carboxylic acid groups (broad SMARTS) is 1. The molecule has 2 aromatic carbocycles. The summed E-state index contributed by atoms with van der Waals surface area (Å²) < 4.78 is 0. The van der Waals surface area contributed by atoms with Crippen LogP contribution >= 0.6 is 0 Å². The van der Waals surface area contributed by atoms with Crippen LogP contribution in [0.4, 0.5) is 4.79 Å². The molecule has 9 heteroatoms. The number of hydrogen-bond donors (Lipinski definition) is 5. The summed E-state index contributed by atoms with van der Waals surface area (Å²) in [5, 5.41) is 21.4. The van der Waals surface area contributed by atoms with Gasteiger partial charge in [-0.05, 0) is 44.0 Å². The second-order valence-corrected chi connectivity index (χ2v) is 9.00. The van der Waals surface area contributed by atoms with Gasteiger partial charge in [0.05, 0.1) is 0 Å². The van der Waals surface area contributed by atoms with E-state index in [0.29, 0.717) is 6.54 Å². The Kier molecular flexibility index (Phi) is 8.78. The Labute approximate surface area is 193 Å². The number of amides is 4. The van der Waals surface area contributed by atoms with E-state index in [1.54, 1.807) is 27.7 Å². The average Bonchev–Trinajstić information content (AvgIpc) is 2.69. The zero-order chi connectivity index (χ0) is 24.6. The van der Waals surface area contributed by atoms with Crippen molar-refractivity contribution < 1.29 is 24.3 Å². The van der Waals surface area contributed by atoms with Crippen LogP contribution in [-0.2, 0) is 20.9 Å². The second-order valence-electron chi connectivity index (χ2n) is 9.00. The number of nitrogens with one attached hydrogen (secondary N) is 4. The maximum Gasteiger partial charge on any atom is 0.404 e. The standard InChI is InChI=1S/C24H32N4O5/c1-15(22(31)25-14-17-10-7-9-16-8-5-6-11-19(16)17)26-20(29)12-18(27-23(32)33)13-21(30)28-24(2,3)4/h5-11,15,18,27H,12-14H2,1-4H3,(H,25,31)(H,26,29)(H,28,30)(H,32,33). The lowest BCUT2D eigenvalue weighted by Gasteiger charge is -2.23. The Morgan fingerprint density at radius 3 is 2.21 bits per heavy atom. The van der Waals surface area contributed by atoms with Crippen LogP contribution in [-0.4, -0.2) is 46.5 Å². The number of benzene rings is 2. The van der Waals surface area contributed by atoms with Gasteiger partial charge < -0.3 is 26.4 Å². The summed E-state index contributed by atoms with van der Waals surface area (Å²) in [5.74, 6) is -1.29. The quantitative estimate of drug-likeness (QED) is 0.394. The van der Waals surface area contributed by atoms with Gasteiger partial charge in [0.2, 0.25) is 17.7 Å². The molecule has 0 heterocycles. The Morgan fingerprint density at radius 1 is 0.909 bits per heavy atom. The highest BCUT2D eigenvalue weighted by Crippen LogP contribution is 2.18. The van der Waals surface area contributed by atoms with Gasteiger partial charge in [0.1, 0.15) is 6.04 Å². The zero-order valence-electron chi connectivity index (χ0n) is 19.4. The van der Waals surface area contributed by atoms with Crippen molar-refractivity contribution >= 4 is 34.6 Å². The van der Waals surface area contributed by atoms with Gasteiger partial charge in [-0.3, -0.25) is 14.4 Å². The van der Waals surface area contributed by atoms with Crippen molar-refractivity contribution in [3.05, 3.63) is 48.0 Å². The van der Waals surface area contributed by atoms with Gasteiger partial charge in [-0.2, -0.15) is 0 Å². The summed E-state index contributed by atoms with van der Waals surface area (Å²) in [6.45, 7) is 7.25. The summed E-state index contributed by atoms with van der Waals surface area (Å²) in [6.07, 6.45) is -1.80. The summed E-state index contributed by atoms with van der Waals surface area (Å²) >= 11 is 0. The third-order valence-corrected chi connectivity index (χ3v) is 4.81. The van der Waals surface area contributed by atoms with Gasteiger partial charge in [0.25, 0.3) is 0 Å². The van der Waals surface area contributed by atoms with Crippen LogP contribution in [0.15, 0.2) is 42.5 Å². The van der Waals surface area contributed by atoms with E-state index < -0.39 is 29.6 Å². The molecule has 0 aliphatic carbocycles. The van der Waals surface area contributed by atoms with E-state index >= 15 is 0 Å². The molecule has 0 saturated heterocycles. The van der Waals surface area contributed by atoms with Crippen LogP contribution in [0.2, 0.25) is 0 Å². The van der Waals surface area contributed by atoms with E-state index in [2.05, 4.69) is 21.3 Å². The van der Waals surface area contributed by atoms with E-state index in [0.717, 1.165) is 16.3 Å². The van der Waals surface area contributed by atoms with Crippen LogP contribution in [0.25, 0.3) is 10.8 Å². The first-order valence-corrected chi connectivity index (χ1v) is 10.8. The minimum atomic E-state index is -1.34. The maximum absolute atomic E-state index is 12.5. The Balaban J connectivity index is 1.90. The molecule has 2 aromatic rings. The highest BCUT2D eigenvalue weighted by molar-refractivity contribution is 5.89. The third-order valence-electron chi connectivity index (χ3n) is 4.81. The summed E-state index contributed by atoms with van der Waals surface area (Å²) in [6, 6.07) is 11.9. The topological polar surface area (TPSA) is 137 Å². The largest absolute Gasteiger partial charge is 0.465 e. The van der Waals surface area contributed by atoms with Crippen molar-refractivity contribution in [2.75, 3.05) is 0 Å². The smallest absolute Gasteiger partial charge is 0.404 e. The normalized spacial score (nSPS) is 13.0. The van der Waals surface area contributed by atoms with Crippen LogP contribution < -0.4 is 21.3 Å². The van der Waals surface area contributed by atoms with Crippen molar-refractivity contribution in [1.82, 2.24) is 21.3 Å². The molecule has 33 heavy (non-hydrogen) atoms. The molecule has 0 aliphatic rings. The lowest BCUT2D eigenvalue weighted by Crippen LogP contribution is -2.48. The van der Waals surface area contributed by atoms with Crippen molar-refractivity contribution in [3.8, 4) is 0 Å². The fourth-order valence-electron chi connectivity index (χ4n) is 3.41. The molecule has 0 spiro atoms. The van der Waals surface area contributed by atoms with Gasteiger partial charge in [0, 0.05) is 31.0 Å². The van der Waals surface area contributed by atoms with Gasteiger partial charge in [-0.1, -0.05) is 42.5 Å². The third kappa shape index (κ3) is 8.80. The van der Waals surface area contributed by atoms with Gasteiger partial charge in [-0.15, -0.1) is 0 Å². The lowest BCUT2D eigenvalue weighted by molar-refractivity contribution is -0.129. The molecule has 0 radical (unpaired) electrons. The van der Waals surface area contributed by atoms with Crippen LogP contribution in [0.1, 0.15) is 46.1 Å². The van der Waals surface area contributed by atoms with Crippen molar-refractivity contribution in [3.63, 3.8) is 0 Å². The maximum atomic E-state index is 12.5. The van der Waals surface area contributed by atoms with Gasteiger partial charge in [0.15, 0.2) is 0 Å². The zero-order valence-corrected chi connectivity index (χ0v) is 19.4. The summed E-state index contributed by atoms with van der Waals surface area (Å²) in [7, 11) is 0. The summed E-state index contributed by atoms with van der Waals surface area (Å²) in [5.41, 5.74) is 0.472. The van der Waals surface area contributed by atoms with Crippen LogP contribution in [0.5, 0.6) is 0 Å². The molecule has 4 amide bonds. The molecule has 5 N–H and O–H groups in total. The molecule has 178 valence electrons. The molecule has 2 rings (SSSR count). The van der Waals surface area contributed by atoms with Crippen molar-refractivity contribution in [2.45, 2.75) is 64.7 Å². The summed E-state index contributed by atoms with van der Waals surface area (Å²) in [4.78, 5) is 48.1. The fraction of sp³-hybridized carbons (Fsp3) is 0.417. The Bertz CT molecular complexity index is 1010. The van der Waals surface area contributed by atoms with Crippen molar-refractivity contribution in [2.24, 2.45) is 0 Å². The van der Waals surface area contributed by atoms with Crippen LogP contribution in [0, 0.1) is 0 Å². The van der Waals surface area contributed by atoms with Gasteiger partial charge >= 0.3 is 6.09 Å². The predicted molar refractivity (Wildman–Crippen MR) is 125 cm³/mol. The van der Waals surface area contributed by atoms with Gasteiger partial charge in [-0.25, -0.2) is 4.79 Å². The lowest BCUT2D eigenvalue weighted by atomic mass is 10.0. The highest BCUT2D eigenvalue weighted by Gasteiger charge is 2.24. The fourth-order valence-corrected chi connectivity index (χ4v) is 3.41. The number of hydrogen-bond acceptors (Lipinski definition) is 4. The Morgan fingerprint density at radius 2 is 1.55 bits per heavy atom. The molecule has 0 saturated carbocycles. The molecular weight excluding hydrogens is 424 g/mol. The molecule has 2 atom stereocenters. The molecular formula is C24H32N4O5. The number of fused-ring (bicyclic) bond motifs is 1. The Hall–Kier alpha value is -3.62. The molecule has 0 bridgehead atoms. The second kappa shape index (κ2) is 11.3. The molecule has 2 unspecified atom stereocenters. The number of carbonyl (C=O) groups is 4. The van der Waals surface area contributed by atoms with E-state index in [4.69, 9.17) is 5.11 Å². The predicted octanol–water partition coefficient (Wildman–Crippen LogP) is 2.29. The highest BCUT2D eigenvalue weighted by atomic mass is 16.4. The first-order chi connectivity index (χ1) is 15.4. The molecule has 0 fully saturated rings. The van der Waals surface area contributed by atoms with E-state index in [1.165, 1.54) is 0 Å². The van der Waals surface area contributed by atoms with Crippen LogP contribution in [0.3, 0.4) is 0 Å². The van der Waals surface area contributed by atoms with E-state index in [9.17, 15) is 19.2 Å². The van der Waals surface area contributed by atoms with E-state index in [-0.39, 0.29) is 24.7 Å². The first kappa shape index (κ1) is 25.6. The minimum absolute atomic E-state index is 0.196. The number of carbonyl (C=O) groups excluding carboxylic acids is 3. The minimum Gasteiger partial charge on any atom is -0.465 e. The SMILES string of the molecule is CC(NC(=O)CC(CC(=O)NC(C)(C)C)NC(=O)O)C(=O)NCc1cccc2ccccc12. The number of rotatable bonds is 9.